The lowest BCUT2D eigenvalue weighted by Gasteiger charge is -2.42. The van der Waals surface area contributed by atoms with Crippen molar-refractivity contribution in [1.82, 2.24) is 14.5 Å². The zero-order chi connectivity index (χ0) is 55.3. The van der Waals surface area contributed by atoms with Crippen LogP contribution < -0.4 is 0 Å². The lowest BCUT2D eigenvalue weighted by Crippen LogP contribution is -2.50. The van der Waals surface area contributed by atoms with Crippen LogP contribution in [0.15, 0.2) is 12.4 Å². The first-order valence-corrected chi connectivity index (χ1v) is 37.3. The largest absolute Gasteiger partial charge is 0.465 e. The van der Waals surface area contributed by atoms with E-state index in [0.717, 1.165) is 128 Å². The smallest absolute Gasteiger partial charge is 0.308 e. The first-order chi connectivity index (χ1) is 35.1. The van der Waals surface area contributed by atoms with E-state index >= 15 is 0 Å². The summed E-state index contributed by atoms with van der Waals surface area (Å²) >= 11 is 0. The SMILES string of the molecule is CCCCCCCCC(CCCCCC)C(=O)OCCCCC(CN(CCCn1ccnc1C)CC(CCCCOC(=O)C(CCCCCC)CCCCCCCC)O[Si](C)(C)C(C)(C)C)O[Si](C)(C)C(C)(C)C. The van der Waals surface area contributed by atoms with Gasteiger partial charge >= 0.3 is 11.9 Å². The number of hydrogen-bond acceptors (Lipinski definition) is 8. The second kappa shape index (κ2) is 40.6. The molecule has 11 heteroatoms. The summed E-state index contributed by atoms with van der Waals surface area (Å²) in [6.45, 7) is 39.2. The van der Waals surface area contributed by atoms with Gasteiger partial charge in [0.15, 0.2) is 16.6 Å². The predicted octanol–water partition coefficient (Wildman–Crippen LogP) is 18.8. The number of nitrogens with zero attached hydrogens (tertiary/aromatic N) is 3. The summed E-state index contributed by atoms with van der Waals surface area (Å²) in [6, 6.07) is 0. The number of rotatable bonds is 48. The number of ether oxygens (including phenoxy) is 2. The number of aryl methyl sites for hydroxylation is 2. The van der Waals surface area contributed by atoms with Crippen LogP contribution in [0.2, 0.25) is 36.3 Å². The molecule has 0 radical (unpaired) electrons. The zero-order valence-electron chi connectivity index (χ0n) is 51.9. The summed E-state index contributed by atoms with van der Waals surface area (Å²) in [5, 5.41) is 0.154. The van der Waals surface area contributed by atoms with Crippen molar-refractivity contribution in [3.05, 3.63) is 18.2 Å². The van der Waals surface area contributed by atoms with Crippen molar-refractivity contribution in [1.29, 1.82) is 0 Å². The molecule has 4 unspecified atom stereocenters. The Labute approximate surface area is 462 Å². The number of imidazole rings is 1. The second-order valence-corrected chi connectivity index (χ2v) is 35.3. The molecule has 0 saturated carbocycles. The quantitative estimate of drug-likeness (QED) is 0.0362. The molecule has 0 saturated heterocycles. The van der Waals surface area contributed by atoms with Gasteiger partial charge < -0.3 is 22.9 Å². The van der Waals surface area contributed by atoms with Crippen LogP contribution in [-0.4, -0.2) is 88.1 Å². The lowest BCUT2D eigenvalue weighted by atomic mass is 9.94. The van der Waals surface area contributed by atoms with Gasteiger partial charge in [0.2, 0.25) is 0 Å². The highest BCUT2D eigenvalue weighted by Gasteiger charge is 2.41. The predicted molar refractivity (Wildman–Crippen MR) is 322 cm³/mol. The van der Waals surface area contributed by atoms with E-state index in [4.69, 9.17) is 18.3 Å². The molecule has 0 fully saturated rings. The van der Waals surface area contributed by atoms with E-state index in [9.17, 15) is 9.59 Å². The van der Waals surface area contributed by atoms with E-state index in [2.05, 4.69) is 123 Å². The molecule has 1 aromatic rings. The van der Waals surface area contributed by atoms with Crippen LogP contribution in [0.25, 0.3) is 0 Å². The third-order valence-corrected chi connectivity index (χ3v) is 25.9. The van der Waals surface area contributed by atoms with E-state index in [-0.39, 0.29) is 46.1 Å². The normalized spacial score (nSPS) is 14.4. The number of aromatic nitrogens is 2. The Morgan fingerprint density at radius 3 is 1.19 bits per heavy atom. The summed E-state index contributed by atoms with van der Waals surface area (Å²) in [7, 11) is -4.26. The highest BCUT2D eigenvalue weighted by molar-refractivity contribution is 6.74. The van der Waals surface area contributed by atoms with Gasteiger partial charge in [-0.05, 0) is 114 Å². The minimum atomic E-state index is -2.13. The Morgan fingerprint density at radius 2 is 0.851 bits per heavy atom. The van der Waals surface area contributed by atoms with Crippen molar-refractivity contribution in [2.45, 2.75) is 330 Å². The zero-order valence-corrected chi connectivity index (χ0v) is 53.9. The van der Waals surface area contributed by atoms with Crippen LogP contribution in [0.1, 0.15) is 274 Å². The number of carbonyl (C=O) groups is 2. The van der Waals surface area contributed by atoms with E-state index in [1.807, 2.05) is 6.20 Å². The Bertz CT molecular complexity index is 1430. The summed E-state index contributed by atoms with van der Waals surface area (Å²) in [5.74, 6) is 1.16. The molecular formula is C63H125N3O6Si2. The third kappa shape index (κ3) is 32.4. The molecule has 0 bridgehead atoms. The van der Waals surface area contributed by atoms with Crippen molar-refractivity contribution in [2.24, 2.45) is 11.8 Å². The molecule has 1 rings (SSSR count). The summed E-state index contributed by atoms with van der Waals surface area (Å²) < 4.78 is 29.2. The molecule has 1 aromatic heterocycles. The lowest BCUT2D eigenvalue weighted by molar-refractivity contribution is -0.150. The van der Waals surface area contributed by atoms with Gasteiger partial charge in [0.25, 0.3) is 0 Å². The van der Waals surface area contributed by atoms with Crippen LogP contribution in [0.4, 0.5) is 0 Å². The van der Waals surface area contributed by atoms with Crippen molar-refractivity contribution >= 4 is 28.6 Å². The molecule has 0 N–H and O–H groups in total. The standard InChI is InChI=1S/C63H125N3O6Si2/c1-16-20-24-28-30-34-43-56(41-32-26-22-18-3)60(67)69-51-38-36-45-58(71-73(12,13)62(6,7)8)53-65(48-40-49-66-50-47-64-55(66)5)54-59(72-74(14,15)63(9,10)11)46-37-39-52-70-61(68)57(42-33-27-23-19-4)44-35-31-29-25-21-17-2/h47,50,56-59H,16-46,48-49,51-54H2,1-15H3. The maximum absolute atomic E-state index is 13.6. The maximum atomic E-state index is 13.6. The minimum Gasteiger partial charge on any atom is -0.465 e. The molecule has 0 aliphatic heterocycles. The molecule has 9 nitrogen and oxygen atoms in total. The molecule has 4 atom stereocenters. The molecule has 0 spiro atoms. The minimum absolute atomic E-state index is 0.0277. The van der Waals surface area contributed by atoms with E-state index < -0.39 is 16.6 Å². The van der Waals surface area contributed by atoms with Gasteiger partial charge in [-0.15, -0.1) is 0 Å². The maximum Gasteiger partial charge on any atom is 0.308 e. The molecule has 0 amide bonds. The van der Waals surface area contributed by atoms with Gasteiger partial charge in [-0.2, -0.15) is 0 Å². The highest BCUT2D eigenvalue weighted by Crippen LogP contribution is 2.39. The van der Waals surface area contributed by atoms with Crippen LogP contribution in [0, 0.1) is 18.8 Å². The Hall–Kier alpha value is -1.54. The molecule has 1 heterocycles. The van der Waals surface area contributed by atoms with E-state index in [1.54, 1.807) is 0 Å². The summed E-state index contributed by atoms with van der Waals surface area (Å²) in [6.07, 6.45) is 38.9. The molecular weight excluding hydrogens is 951 g/mol. The third-order valence-electron chi connectivity index (χ3n) is 16.9. The van der Waals surface area contributed by atoms with Crippen molar-refractivity contribution in [2.75, 3.05) is 32.8 Å². The number of esters is 2. The average Bonchev–Trinajstić information content (AvgIpc) is 3.74. The van der Waals surface area contributed by atoms with Gasteiger partial charge in [0.05, 0.1) is 37.3 Å². The Kier molecular flexibility index (Phi) is 38.7. The second-order valence-electron chi connectivity index (χ2n) is 25.8. The topological polar surface area (TPSA) is 92.1 Å². The highest BCUT2D eigenvalue weighted by atomic mass is 28.4. The van der Waals surface area contributed by atoms with Gasteiger partial charge in [0.1, 0.15) is 5.82 Å². The molecule has 436 valence electrons. The summed E-state index contributed by atoms with van der Waals surface area (Å²) in [4.78, 5) is 34.4. The van der Waals surface area contributed by atoms with Crippen molar-refractivity contribution in [3.63, 3.8) is 0 Å². The van der Waals surface area contributed by atoms with Crippen LogP contribution in [0.3, 0.4) is 0 Å². The first-order valence-electron chi connectivity index (χ1n) is 31.5. The van der Waals surface area contributed by atoms with Crippen LogP contribution in [0.5, 0.6) is 0 Å². The van der Waals surface area contributed by atoms with E-state index in [0.29, 0.717) is 13.2 Å². The van der Waals surface area contributed by atoms with Crippen LogP contribution >= 0.6 is 0 Å². The first kappa shape index (κ1) is 70.5. The number of hydrogen-bond donors (Lipinski definition) is 0. The monoisotopic (exact) mass is 1080 g/mol. The molecule has 0 aromatic carbocycles. The number of unbranched alkanes of at least 4 members (excludes halogenated alkanes) is 18. The van der Waals surface area contributed by atoms with Gasteiger partial charge in [-0.1, -0.05) is 198 Å². The van der Waals surface area contributed by atoms with Gasteiger partial charge in [-0.25, -0.2) is 4.98 Å². The van der Waals surface area contributed by atoms with Crippen molar-refractivity contribution < 1.29 is 27.9 Å². The van der Waals surface area contributed by atoms with Crippen LogP contribution in [-0.2, 0) is 34.5 Å². The van der Waals surface area contributed by atoms with Gasteiger partial charge in [0, 0.05) is 38.6 Å². The molecule has 0 aliphatic carbocycles. The molecule has 74 heavy (non-hydrogen) atoms. The Morgan fingerprint density at radius 1 is 0.514 bits per heavy atom. The summed E-state index contributed by atoms with van der Waals surface area (Å²) in [5.41, 5.74) is 0. The molecule has 0 aliphatic rings. The average molecular weight is 1080 g/mol. The number of carbonyl (C=O) groups excluding carboxylic acids is 2. The van der Waals surface area contributed by atoms with Gasteiger partial charge in [-0.3, -0.25) is 14.5 Å². The fourth-order valence-corrected chi connectivity index (χ4v) is 12.5. The van der Waals surface area contributed by atoms with Crippen molar-refractivity contribution in [3.8, 4) is 0 Å². The fourth-order valence-electron chi connectivity index (χ4n) is 9.77. The Balaban J connectivity index is 3.26. The fraction of sp³-hybridized carbons (Fsp3) is 0.921. The van der Waals surface area contributed by atoms with E-state index in [1.165, 1.54) is 103 Å².